The number of nitrogens with zero attached hydrogens (tertiary/aromatic N) is 4. The van der Waals surface area contributed by atoms with Crippen LogP contribution in [0.25, 0.3) is 0 Å². The normalized spacial score (nSPS) is 22.9. The Bertz CT molecular complexity index is 695. The van der Waals surface area contributed by atoms with E-state index >= 15 is 0 Å². The minimum absolute atomic E-state index is 0.226. The Balaban J connectivity index is 1.20. The number of aromatic nitrogens is 3. The van der Waals surface area contributed by atoms with Gasteiger partial charge in [-0.25, -0.2) is 0 Å². The predicted molar refractivity (Wildman–Crippen MR) is 98.4 cm³/mol. The molecule has 0 saturated carbocycles. The van der Waals surface area contributed by atoms with Gasteiger partial charge in [0.1, 0.15) is 0 Å². The number of likely N-dealkylation sites (tertiary alicyclic amines) is 1. The van der Waals surface area contributed by atoms with Gasteiger partial charge < -0.3 is 9.47 Å². The summed E-state index contributed by atoms with van der Waals surface area (Å²) in [5.74, 6) is 0. The summed E-state index contributed by atoms with van der Waals surface area (Å²) in [4.78, 5) is 6.83. The number of aryl methyl sites for hydroxylation is 1. The second kappa shape index (κ2) is 7.86. The molecule has 6 nitrogen and oxygen atoms in total. The summed E-state index contributed by atoms with van der Waals surface area (Å²) < 4.78 is 13.8. The molecule has 0 aromatic carbocycles. The molecule has 4 rings (SSSR count). The summed E-state index contributed by atoms with van der Waals surface area (Å²) in [5.41, 5.74) is 2.63. The second-order valence-corrected chi connectivity index (χ2v) is 7.77. The Labute approximate surface area is 155 Å². The molecule has 2 fully saturated rings. The summed E-state index contributed by atoms with van der Waals surface area (Å²) in [5, 5.41) is 4.27. The first kappa shape index (κ1) is 17.6. The minimum atomic E-state index is 0.226. The van der Waals surface area contributed by atoms with Crippen molar-refractivity contribution < 1.29 is 9.47 Å². The SMILES string of the molecule is Cn1cc(CN2CCC3(CC2)COC(COCc2ccccn2)C3)cn1. The van der Waals surface area contributed by atoms with Gasteiger partial charge in [-0.2, -0.15) is 5.10 Å². The molecule has 0 N–H and O–H groups in total. The number of rotatable bonds is 6. The predicted octanol–water partition coefficient (Wildman–Crippen LogP) is 2.40. The van der Waals surface area contributed by atoms with Crippen molar-refractivity contribution in [1.29, 1.82) is 0 Å². The Morgan fingerprint density at radius 2 is 2.19 bits per heavy atom. The Hall–Kier alpha value is -1.76. The van der Waals surface area contributed by atoms with Gasteiger partial charge in [0.2, 0.25) is 0 Å². The number of pyridine rings is 1. The third kappa shape index (κ3) is 4.31. The monoisotopic (exact) mass is 356 g/mol. The number of piperidine rings is 1. The van der Waals surface area contributed by atoms with Crippen LogP contribution in [0, 0.1) is 5.41 Å². The quantitative estimate of drug-likeness (QED) is 0.796. The molecule has 2 aliphatic rings. The van der Waals surface area contributed by atoms with Crippen molar-refractivity contribution >= 4 is 0 Å². The van der Waals surface area contributed by atoms with Crippen LogP contribution in [-0.2, 0) is 29.7 Å². The van der Waals surface area contributed by atoms with E-state index in [2.05, 4.69) is 21.2 Å². The number of ether oxygens (including phenoxy) is 2. The summed E-state index contributed by atoms with van der Waals surface area (Å²) in [7, 11) is 1.97. The lowest BCUT2D eigenvalue weighted by Gasteiger charge is -2.38. The van der Waals surface area contributed by atoms with Crippen molar-refractivity contribution in [3.05, 3.63) is 48.0 Å². The number of hydrogen-bond acceptors (Lipinski definition) is 5. The molecule has 2 aromatic heterocycles. The van der Waals surface area contributed by atoms with Crippen LogP contribution in [0.5, 0.6) is 0 Å². The van der Waals surface area contributed by atoms with Gasteiger partial charge in [0.05, 0.1) is 37.8 Å². The average Bonchev–Trinajstić information content (AvgIpc) is 3.25. The summed E-state index contributed by atoms with van der Waals surface area (Å²) >= 11 is 0. The van der Waals surface area contributed by atoms with Gasteiger partial charge in [0.15, 0.2) is 0 Å². The Morgan fingerprint density at radius 3 is 2.92 bits per heavy atom. The molecule has 0 radical (unpaired) electrons. The summed E-state index contributed by atoms with van der Waals surface area (Å²) in [6.45, 7) is 5.39. The lowest BCUT2D eigenvalue weighted by atomic mass is 9.76. The maximum Gasteiger partial charge on any atom is 0.0889 e. The van der Waals surface area contributed by atoms with E-state index in [4.69, 9.17) is 9.47 Å². The molecule has 4 heterocycles. The molecule has 0 amide bonds. The van der Waals surface area contributed by atoms with E-state index in [0.29, 0.717) is 18.6 Å². The second-order valence-electron chi connectivity index (χ2n) is 7.77. The summed E-state index contributed by atoms with van der Waals surface area (Å²) in [6.07, 6.45) is 9.66. The zero-order valence-corrected chi connectivity index (χ0v) is 15.5. The van der Waals surface area contributed by atoms with E-state index in [-0.39, 0.29) is 6.10 Å². The fourth-order valence-electron chi connectivity index (χ4n) is 4.13. The van der Waals surface area contributed by atoms with Gasteiger partial charge in [0.25, 0.3) is 0 Å². The first-order valence-corrected chi connectivity index (χ1v) is 9.50. The van der Waals surface area contributed by atoms with E-state index in [0.717, 1.165) is 38.4 Å². The minimum Gasteiger partial charge on any atom is -0.375 e. The van der Waals surface area contributed by atoms with Crippen LogP contribution >= 0.6 is 0 Å². The Kier molecular flexibility index (Phi) is 5.33. The largest absolute Gasteiger partial charge is 0.375 e. The van der Waals surface area contributed by atoms with Crippen LogP contribution in [0.15, 0.2) is 36.8 Å². The fraction of sp³-hybridized carbons (Fsp3) is 0.600. The average molecular weight is 356 g/mol. The van der Waals surface area contributed by atoms with Gasteiger partial charge in [0, 0.05) is 31.5 Å². The van der Waals surface area contributed by atoms with Crippen molar-refractivity contribution in [3.63, 3.8) is 0 Å². The molecule has 26 heavy (non-hydrogen) atoms. The first-order valence-electron chi connectivity index (χ1n) is 9.50. The third-order valence-electron chi connectivity index (χ3n) is 5.65. The third-order valence-corrected chi connectivity index (χ3v) is 5.65. The molecule has 1 atom stereocenters. The molecule has 1 unspecified atom stereocenters. The van der Waals surface area contributed by atoms with Crippen molar-refractivity contribution in [2.24, 2.45) is 12.5 Å². The van der Waals surface area contributed by atoms with Crippen LogP contribution in [0.1, 0.15) is 30.5 Å². The lowest BCUT2D eigenvalue weighted by molar-refractivity contribution is 0.00554. The van der Waals surface area contributed by atoms with Crippen LogP contribution in [0.3, 0.4) is 0 Å². The lowest BCUT2D eigenvalue weighted by Crippen LogP contribution is -2.40. The van der Waals surface area contributed by atoms with Crippen molar-refractivity contribution in [1.82, 2.24) is 19.7 Å². The first-order chi connectivity index (χ1) is 12.7. The highest BCUT2D eigenvalue weighted by molar-refractivity contribution is 5.04. The van der Waals surface area contributed by atoms with Crippen LogP contribution in [-0.4, -0.2) is 52.1 Å². The van der Waals surface area contributed by atoms with E-state index < -0.39 is 0 Å². The van der Waals surface area contributed by atoms with Gasteiger partial charge in [-0.05, 0) is 49.9 Å². The van der Waals surface area contributed by atoms with Crippen molar-refractivity contribution in [2.75, 3.05) is 26.3 Å². The fourth-order valence-corrected chi connectivity index (χ4v) is 4.13. The molecule has 2 aromatic rings. The molecular formula is C20H28N4O2. The maximum absolute atomic E-state index is 6.06. The van der Waals surface area contributed by atoms with E-state index in [1.807, 2.05) is 36.1 Å². The summed E-state index contributed by atoms with van der Waals surface area (Å²) in [6, 6.07) is 5.91. The van der Waals surface area contributed by atoms with Crippen LogP contribution in [0.2, 0.25) is 0 Å². The smallest absolute Gasteiger partial charge is 0.0889 e. The van der Waals surface area contributed by atoms with Gasteiger partial charge in [-0.1, -0.05) is 6.07 Å². The Morgan fingerprint density at radius 1 is 1.31 bits per heavy atom. The zero-order chi connectivity index (χ0) is 17.8. The maximum atomic E-state index is 6.06. The molecule has 140 valence electrons. The van der Waals surface area contributed by atoms with Gasteiger partial charge >= 0.3 is 0 Å². The topological polar surface area (TPSA) is 52.4 Å². The van der Waals surface area contributed by atoms with Crippen molar-refractivity contribution in [2.45, 2.75) is 38.5 Å². The van der Waals surface area contributed by atoms with Crippen LogP contribution < -0.4 is 0 Å². The van der Waals surface area contributed by atoms with Gasteiger partial charge in [-0.15, -0.1) is 0 Å². The molecule has 2 saturated heterocycles. The molecule has 2 aliphatic heterocycles. The molecule has 0 bridgehead atoms. The zero-order valence-electron chi connectivity index (χ0n) is 15.5. The van der Waals surface area contributed by atoms with Gasteiger partial charge in [-0.3, -0.25) is 14.6 Å². The molecular weight excluding hydrogens is 328 g/mol. The highest BCUT2D eigenvalue weighted by Gasteiger charge is 2.42. The van der Waals surface area contributed by atoms with Crippen LogP contribution in [0.4, 0.5) is 0 Å². The highest BCUT2D eigenvalue weighted by atomic mass is 16.5. The molecule has 1 spiro atoms. The van der Waals surface area contributed by atoms with E-state index in [9.17, 15) is 0 Å². The van der Waals surface area contributed by atoms with E-state index in [1.165, 1.54) is 18.4 Å². The van der Waals surface area contributed by atoms with E-state index in [1.54, 1.807) is 6.20 Å². The van der Waals surface area contributed by atoms with Crippen molar-refractivity contribution in [3.8, 4) is 0 Å². The molecule has 6 heteroatoms. The standard InChI is InChI=1S/C20H28N4O2/c1-23-12-17(11-22-23)13-24-8-5-20(6-9-24)10-19(26-16-20)15-25-14-18-4-2-3-7-21-18/h2-4,7,11-12,19H,5-6,8-10,13-16H2,1H3. The highest BCUT2D eigenvalue weighted by Crippen LogP contribution is 2.42. The molecule has 0 aliphatic carbocycles. The number of hydrogen-bond donors (Lipinski definition) is 0.